The molecule has 8 heteroatoms. The summed E-state index contributed by atoms with van der Waals surface area (Å²) in [6, 6.07) is 15.2. The minimum atomic E-state index is -1.19. The van der Waals surface area contributed by atoms with Crippen LogP contribution in [-0.4, -0.2) is 48.5 Å². The van der Waals surface area contributed by atoms with Crippen molar-refractivity contribution in [2.45, 2.75) is 38.8 Å². The fraction of sp³-hybridized carbons (Fsp3) is 0.304. The monoisotopic (exact) mass is 422 g/mol. The maximum atomic E-state index is 12.8. The Morgan fingerprint density at radius 2 is 1.55 bits per heavy atom. The molecule has 0 aliphatic rings. The van der Waals surface area contributed by atoms with Crippen LogP contribution in [-0.2, 0) is 25.6 Å². The SMILES string of the molecule is BC(=O)[C@H](CC(=O)O)NC(=O)[C@@H](NC(=O)Cc1ccccc1-c1ccccc1)C(C)C. The lowest BCUT2D eigenvalue weighted by molar-refractivity contribution is -0.139. The number of carboxylic acids is 1. The number of nitrogens with one attached hydrogen (secondary N) is 2. The summed E-state index contributed by atoms with van der Waals surface area (Å²) < 4.78 is 0. The first-order valence-electron chi connectivity index (χ1n) is 10.1. The lowest BCUT2D eigenvalue weighted by atomic mass is 9.92. The highest BCUT2D eigenvalue weighted by Gasteiger charge is 2.28. The normalized spacial score (nSPS) is 12.6. The molecule has 0 heterocycles. The van der Waals surface area contributed by atoms with Gasteiger partial charge in [0.15, 0.2) is 7.85 Å². The first kappa shape index (κ1) is 23.9. The second-order valence-electron chi connectivity index (χ2n) is 7.76. The number of rotatable bonds is 10. The van der Waals surface area contributed by atoms with E-state index in [1.54, 1.807) is 13.8 Å². The van der Waals surface area contributed by atoms with Crippen molar-refractivity contribution in [2.24, 2.45) is 5.92 Å². The molecule has 2 amide bonds. The topological polar surface area (TPSA) is 113 Å². The van der Waals surface area contributed by atoms with Crippen molar-refractivity contribution in [3.05, 3.63) is 60.2 Å². The van der Waals surface area contributed by atoms with Crippen molar-refractivity contribution in [1.82, 2.24) is 10.6 Å². The number of hydrogen-bond donors (Lipinski definition) is 3. The largest absolute Gasteiger partial charge is 0.481 e. The minimum Gasteiger partial charge on any atom is -0.481 e. The number of carbonyl (C=O) groups excluding carboxylic acids is 3. The number of carboxylic acid groups (broad SMARTS) is 1. The van der Waals surface area contributed by atoms with Gasteiger partial charge < -0.3 is 20.5 Å². The average molecular weight is 422 g/mol. The third-order valence-corrected chi connectivity index (χ3v) is 4.90. The Morgan fingerprint density at radius 1 is 0.935 bits per heavy atom. The van der Waals surface area contributed by atoms with Crippen molar-refractivity contribution < 1.29 is 24.3 Å². The Balaban J connectivity index is 2.13. The number of carbonyl (C=O) groups is 4. The molecule has 2 rings (SSSR count). The maximum absolute atomic E-state index is 12.8. The van der Waals surface area contributed by atoms with Gasteiger partial charge in [0.05, 0.1) is 18.9 Å². The Hall–Kier alpha value is -3.42. The minimum absolute atomic E-state index is 0.0762. The van der Waals surface area contributed by atoms with Crippen LogP contribution in [0.2, 0.25) is 0 Å². The van der Waals surface area contributed by atoms with Crippen LogP contribution in [0.1, 0.15) is 25.8 Å². The molecule has 0 aromatic heterocycles. The zero-order valence-corrected chi connectivity index (χ0v) is 17.9. The fourth-order valence-electron chi connectivity index (χ4n) is 3.24. The molecular formula is C23H27BN2O5. The molecule has 0 aliphatic heterocycles. The smallest absolute Gasteiger partial charge is 0.305 e. The van der Waals surface area contributed by atoms with E-state index in [1.807, 2.05) is 54.6 Å². The summed E-state index contributed by atoms with van der Waals surface area (Å²) >= 11 is 0. The molecule has 0 bridgehead atoms. The van der Waals surface area contributed by atoms with Crippen LogP contribution in [0, 0.1) is 5.92 Å². The van der Waals surface area contributed by atoms with E-state index in [1.165, 1.54) is 7.85 Å². The molecule has 3 N–H and O–H groups in total. The zero-order valence-electron chi connectivity index (χ0n) is 17.9. The van der Waals surface area contributed by atoms with Crippen LogP contribution >= 0.6 is 0 Å². The lowest BCUT2D eigenvalue weighted by Gasteiger charge is -2.24. The summed E-state index contributed by atoms with van der Waals surface area (Å²) in [6.45, 7) is 3.53. The molecule has 0 fully saturated rings. The van der Waals surface area contributed by atoms with E-state index in [0.717, 1.165) is 16.7 Å². The molecule has 2 aromatic rings. The summed E-state index contributed by atoms with van der Waals surface area (Å²) in [4.78, 5) is 48.1. The Kier molecular flexibility index (Phi) is 8.55. The van der Waals surface area contributed by atoms with Gasteiger partial charge in [0.1, 0.15) is 11.7 Å². The van der Waals surface area contributed by atoms with Crippen molar-refractivity contribution in [2.75, 3.05) is 0 Å². The Bertz CT molecular complexity index is 946. The second kappa shape index (κ2) is 11.1. The summed E-state index contributed by atoms with van der Waals surface area (Å²) in [5.41, 5.74) is 2.28. The van der Waals surface area contributed by atoms with Crippen LogP contribution < -0.4 is 10.6 Å². The van der Waals surface area contributed by atoms with Crippen LogP contribution in [0.5, 0.6) is 0 Å². The van der Waals surface area contributed by atoms with Gasteiger partial charge >= 0.3 is 5.97 Å². The zero-order chi connectivity index (χ0) is 23.0. The van der Waals surface area contributed by atoms with Crippen LogP contribution in [0.25, 0.3) is 11.1 Å². The molecule has 0 radical (unpaired) electrons. The highest BCUT2D eigenvalue weighted by Crippen LogP contribution is 2.23. The first-order chi connectivity index (χ1) is 14.7. The van der Waals surface area contributed by atoms with Gasteiger partial charge in [0.25, 0.3) is 0 Å². The molecule has 0 saturated carbocycles. The van der Waals surface area contributed by atoms with Crippen molar-refractivity contribution in [1.29, 1.82) is 0 Å². The van der Waals surface area contributed by atoms with Crippen molar-refractivity contribution in [3.63, 3.8) is 0 Å². The molecule has 2 atom stereocenters. The van der Waals surface area contributed by atoms with E-state index in [2.05, 4.69) is 10.6 Å². The maximum Gasteiger partial charge on any atom is 0.305 e. The fourth-order valence-corrected chi connectivity index (χ4v) is 3.24. The predicted molar refractivity (Wildman–Crippen MR) is 120 cm³/mol. The summed E-state index contributed by atoms with van der Waals surface area (Å²) in [6.07, 6.45) is -0.433. The molecule has 0 unspecified atom stereocenters. The number of aliphatic carboxylic acids is 1. The van der Waals surface area contributed by atoms with Crippen LogP contribution in [0.3, 0.4) is 0 Å². The lowest BCUT2D eigenvalue weighted by Crippen LogP contribution is -2.54. The van der Waals surface area contributed by atoms with Crippen LogP contribution in [0.4, 0.5) is 0 Å². The quantitative estimate of drug-likeness (QED) is 0.498. The third kappa shape index (κ3) is 7.10. The molecule has 0 spiro atoms. The van der Waals surface area contributed by atoms with Gasteiger partial charge in [0.2, 0.25) is 11.8 Å². The standard InChI is InChI=1S/C23H27BN2O5/c1-14(2)21(23(31)25-18(22(24)30)13-20(28)29)26-19(27)12-16-10-6-7-11-17(16)15-8-4-3-5-9-15/h3-11,14,18,21H,12-13,24H2,1-2H3,(H,25,31)(H,26,27)(H,28,29)/t18-,21-/m0/s1. The van der Waals surface area contributed by atoms with E-state index < -0.39 is 36.1 Å². The first-order valence-corrected chi connectivity index (χ1v) is 10.1. The van der Waals surface area contributed by atoms with Gasteiger partial charge in [-0.3, -0.25) is 14.4 Å². The number of amides is 2. The summed E-state index contributed by atoms with van der Waals surface area (Å²) in [7, 11) is 1.22. The van der Waals surface area contributed by atoms with E-state index >= 15 is 0 Å². The van der Waals surface area contributed by atoms with Crippen molar-refractivity contribution >= 4 is 31.3 Å². The van der Waals surface area contributed by atoms with Crippen molar-refractivity contribution in [3.8, 4) is 11.1 Å². The van der Waals surface area contributed by atoms with Gasteiger partial charge in [0, 0.05) is 0 Å². The molecule has 31 heavy (non-hydrogen) atoms. The van der Waals surface area contributed by atoms with Gasteiger partial charge in [-0.1, -0.05) is 68.4 Å². The van der Waals surface area contributed by atoms with E-state index in [4.69, 9.17) is 5.11 Å². The van der Waals surface area contributed by atoms with Gasteiger partial charge in [-0.05, 0) is 22.6 Å². The Labute approximate surface area is 182 Å². The van der Waals surface area contributed by atoms with Gasteiger partial charge in [-0.2, -0.15) is 0 Å². The molecule has 7 nitrogen and oxygen atoms in total. The van der Waals surface area contributed by atoms with Crippen LogP contribution in [0.15, 0.2) is 54.6 Å². The third-order valence-electron chi connectivity index (χ3n) is 4.90. The second-order valence-corrected chi connectivity index (χ2v) is 7.76. The molecule has 162 valence electrons. The molecular weight excluding hydrogens is 395 g/mol. The van der Waals surface area contributed by atoms with E-state index in [-0.39, 0.29) is 18.2 Å². The number of hydrogen-bond acceptors (Lipinski definition) is 4. The highest BCUT2D eigenvalue weighted by molar-refractivity contribution is 6.59. The predicted octanol–water partition coefficient (Wildman–Crippen LogP) is 1.16. The molecule has 2 aromatic carbocycles. The van der Waals surface area contributed by atoms with E-state index in [0.29, 0.717) is 0 Å². The van der Waals surface area contributed by atoms with E-state index in [9.17, 15) is 19.2 Å². The summed E-state index contributed by atoms with van der Waals surface area (Å²) in [5.74, 6) is -2.37. The molecule has 0 aliphatic carbocycles. The van der Waals surface area contributed by atoms with Gasteiger partial charge in [-0.15, -0.1) is 0 Å². The Morgan fingerprint density at radius 3 is 2.13 bits per heavy atom. The average Bonchev–Trinajstić information content (AvgIpc) is 2.72. The summed E-state index contributed by atoms with van der Waals surface area (Å²) in [5, 5.41) is 14.1. The molecule has 0 saturated heterocycles. The van der Waals surface area contributed by atoms with Gasteiger partial charge in [-0.25, -0.2) is 0 Å². The number of benzene rings is 2. The highest BCUT2D eigenvalue weighted by atomic mass is 16.4.